The topological polar surface area (TPSA) is 57.7 Å². The van der Waals surface area contributed by atoms with Crippen molar-refractivity contribution in [3.8, 4) is 0 Å². The maximum absolute atomic E-state index is 11.9. The van der Waals surface area contributed by atoms with E-state index in [1.54, 1.807) is 24.3 Å². The van der Waals surface area contributed by atoms with Gasteiger partial charge < -0.3 is 0 Å². The SMILES string of the molecule is C=C1C=CC(=O)N1c1cc(N2C(=O)C=CC2=O)ccc1C. The van der Waals surface area contributed by atoms with Crippen molar-refractivity contribution >= 4 is 29.1 Å². The number of anilines is 2. The second-order valence-corrected chi connectivity index (χ2v) is 4.81. The Labute approximate surface area is 121 Å². The van der Waals surface area contributed by atoms with Gasteiger partial charge in [-0.1, -0.05) is 12.6 Å². The number of allylic oxidation sites excluding steroid dienone is 1. The van der Waals surface area contributed by atoms with Crippen LogP contribution in [0.5, 0.6) is 0 Å². The smallest absolute Gasteiger partial charge is 0.258 e. The van der Waals surface area contributed by atoms with Gasteiger partial charge in [-0.05, 0) is 30.7 Å². The first-order chi connectivity index (χ1) is 9.99. The van der Waals surface area contributed by atoms with Gasteiger partial charge in [0, 0.05) is 23.9 Å². The molecule has 0 aliphatic carbocycles. The van der Waals surface area contributed by atoms with Gasteiger partial charge in [-0.2, -0.15) is 0 Å². The van der Waals surface area contributed by atoms with Gasteiger partial charge in [-0.15, -0.1) is 0 Å². The molecule has 0 atom stereocenters. The van der Waals surface area contributed by atoms with Crippen molar-refractivity contribution in [1.29, 1.82) is 0 Å². The van der Waals surface area contributed by atoms with Gasteiger partial charge in [0.15, 0.2) is 0 Å². The Morgan fingerprint density at radius 1 is 0.857 bits per heavy atom. The molecule has 3 rings (SSSR count). The average molecular weight is 280 g/mol. The Morgan fingerprint density at radius 2 is 1.43 bits per heavy atom. The number of amides is 3. The molecule has 0 fully saturated rings. The maximum Gasteiger partial charge on any atom is 0.258 e. The molecule has 1 aromatic rings. The lowest BCUT2D eigenvalue weighted by molar-refractivity contribution is -0.120. The predicted octanol–water partition coefficient (Wildman–Crippen LogP) is 1.84. The van der Waals surface area contributed by atoms with Gasteiger partial charge in [0.2, 0.25) is 0 Å². The van der Waals surface area contributed by atoms with Gasteiger partial charge in [0.05, 0.1) is 11.4 Å². The molecule has 0 spiro atoms. The lowest BCUT2D eigenvalue weighted by atomic mass is 10.1. The third kappa shape index (κ3) is 1.99. The highest BCUT2D eigenvalue weighted by atomic mass is 16.2. The highest BCUT2D eigenvalue weighted by Crippen LogP contribution is 2.32. The fourth-order valence-electron chi connectivity index (χ4n) is 2.36. The molecule has 0 saturated heterocycles. The first-order valence-electron chi connectivity index (χ1n) is 6.37. The van der Waals surface area contributed by atoms with Crippen LogP contribution in [-0.2, 0) is 14.4 Å². The van der Waals surface area contributed by atoms with Crippen LogP contribution in [0.3, 0.4) is 0 Å². The van der Waals surface area contributed by atoms with Gasteiger partial charge in [0.1, 0.15) is 0 Å². The molecule has 0 saturated carbocycles. The summed E-state index contributed by atoms with van der Waals surface area (Å²) in [6.45, 7) is 5.67. The third-order valence-corrected chi connectivity index (χ3v) is 3.43. The van der Waals surface area contributed by atoms with E-state index in [-0.39, 0.29) is 17.7 Å². The molecule has 5 heteroatoms. The largest absolute Gasteiger partial charge is 0.278 e. The Balaban J connectivity index is 2.05. The summed E-state index contributed by atoms with van der Waals surface area (Å²) in [7, 11) is 0. The number of hydrogen-bond donors (Lipinski definition) is 0. The first-order valence-corrected chi connectivity index (χ1v) is 6.37. The first kappa shape index (κ1) is 13.1. The van der Waals surface area contributed by atoms with E-state index in [2.05, 4.69) is 6.58 Å². The predicted molar refractivity (Wildman–Crippen MR) is 78.6 cm³/mol. The number of imide groups is 1. The second-order valence-electron chi connectivity index (χ2n) is 4.81. The Bertz CT molecular complexity index is 723. The molecular weight excluding hydrogens is 268 g/mol. The number of aryl methyl sites for hydroxylation is 1. The summed E-state index contributed by atoms with van der Waals surface area (Å²) in [4.78, 5) is 37.9. The molecule has 0 unspecified atom stereocenters. The zero-order valence-corrected chi connectivity index (χ0v) is 11.4. The number of benzene rings is 1. The zero-order valence-electron chi connectivity index (χ0n) is 11.4. The molecule has 21 heavy (non-hydrogen) atoms. The van der Waals surface area contributed by atoms with E-state index in [1.165, 1.54) is 23.1 Å². The van der Waals surface area contributed by atoms with E-state index in [0.29, 0.717) is 17.1 Å². The number of rotatable bonds is 2. The van der Waals surface area contributed by atoms with Crippen LogP contribution in [0.15, 0.2) is 54.8 Å². The van der Waals surface area contributed by atoms with Crippen LogP contribution in [-0.4, -0.2) is 17.7 Å². The number of carbonyl (C=O) groups is 3. The number of hydrogen-bond acceptors (Lipinski definition) is 3. The van der Waals surface area contributed by atoms with Crippen LogP contribution in [0.2, 0.25) is 0 Å². The van der Waals surface area contributed by atoms with Crippen LogP contribution < -0.4 is 9.80 Å². The van der Waals surface area contributed by atoms with Crippen molar-refractivity contribution in [3.63, 3.8) is 0 Å². The second kappa shape index (κ2) is 4.56. The summed E-state index contributed by atoms with van der Waals surface area (Å²) in [5.74, 6) is -0.976. The van der Waals surface area contributed by atoms with Crippen LogP contribution in [0.1, 0.15) is 5.56 Å². The van der Waals surface area contributed by atoms with E-state index < -0.39 is 0 Å². The Hall–Kier alpha value is -2.95. The summed E-state index contributed by atoms with van der Waals surface area (Å²) in [6.07, 6.45) is 5.51. The minimum Gasteiger partial charge on any atom is -0.278 e. The lowest BCUT2D eigenvalue weighted by Gasteiger charge is -2.22. The molecule has 0 bridgehead atoms. The molecule has 5 nitrogen and oxygen atoms in total. The maximum atomic E-state index is 11.9. The molecule has 2 aliphatic rings. The summed E-state index contributed by atoms with van der Waals surface area (Å²) in [6, 6.07) is 5.09. The van der Waals surface area contributed by atoms with Gasteiger partial charge in [0.25, 0.3) is 17.7 Å². The highest BCUT2D eigenvalue weighted by Gasteiger charge is 2.28. The van der Waals surface area contributed by atoms with Crippen LogP contribution in [0, 0.1) is 6.92 Å². The lowest BCUT2D eigenvalue weighted by Crippen LogP contribution is -2.30. The summed E-state index contributed by atoms with van der Waals surface area (Å²) in [5, 5.41) is 0. The normalized spacial score (nSPS) is 17.6. The fraction of sp³-hybridized carbons (Fsp3) is 0.0625. The third-order valence-electron chi connectivity index (χ3n) is 3.43. The van der Waals surface area contributed by atoms with Crippen molar-refractivity contribution in [2.45, 2.75) is 6.92 Å². The quantitative estimate of drug-likeness (QED) is 0.777. The molecule has 2 heterocycles. The Morgan fingerprint density at radius 3 is 2.00 bits per heavy atom. The molecule has 0 aromatic heterocycles. The molecule has 3 amide bonds. The zero-order chi connectivity index (χ0) is 15.1. The van der Waals surface area contributed by atoms with Gasteiger partial charge in [-0.3, -0.25) is 19.3 Å². The molecule has 2 aliphatic heterocycles. The minimum absolute atomic E-state index is 0.197. The molecule has 0 radical (unpaired) electrons. The monoisotopic (exact) mass is 280 g/mol. The summed E-state index contributed by atoms with van der Waals surface area (Å²) in [5.41, 5.74) is 2.45. The Kier molecular flexibility index (Phi) is 2.83. The molecule has 1 aromatic carbocycles. The van der Waals surface area contributed by atoms with Gasteiger partial charge >= 0.3 is 0 Å². The molecule has 0 N–H and O–H groups in total. The van der Waals surface area contributed by atoms with Crippen LogP contribution in [0.4, 0.5) is 11.4 Å². The van der Waals surface area contributed by atoms with E-state index in [0.717, 1.165) is 10.5 Å². The van der Waals surface area contributed by atoms with E-state index in [1.807, 2.05) is 6.92 Å². The van der Waals surface area contributed by atoms with Gasteiger partial charge in [-0.25, -0.2) is 4.90 Å². The van der Waals surface area contributed by atoms with Crippen molar-refractivity contribution in [2.75, 3.05) is 9.80 Å². The standard InChI is InChI=1S/C16H12N2O3/c1-10-3-5-12(18-15(20)7-8-16(18)21)9-13(10)17-11(2)4-6-14(17)19/h3-9H,2H2,1H3. The summed E-state index contributed by atoms with van der Waals surface area (Å²) >= 11 is 0. The minimum atomic E-state index is -0.389. The molecule has 104 valence electrons. The van der Waals surface area contributed by atoms with E-state index in [4.69, 9.17) is 0 Å². The molecular formula is C16H12N2O3. The van der Waals surface area contributed by atoms with Crippen molar-refractivity contribution in [3.05, 3.63) is 60.3 Å². The average Bonchev–Trinajstić information content (AvgIpc) is 2.95. The van der Waals surface area contributed by atoms with Crippen LogP contribution in [0.25, 0.3) is 0 Å². The van der Waals surface area contributed by atoms with Crippen molar-refractivity contribution in [1.82, 2.24) is 0 Å². The highest BCUT2D eigenvalue weighted by molar-refractivity contribution is 6.28. The number of carbonyl (C=O) groups excluding carboxylic acids is 3. The van der Waals surface area contributed by atoms with E-state index in [9.17, 15) is 14.4 Å². The van der Waals surface area contributed by atoms with Crippen molar-refractivity contribution < 1.29 is 14.4 Å². The fourth-order valence-corrected chi connectivity index (χ4v) is 2.36. The van der Waals surface area contributed by atoms with E-state index >= 15 is 0 Å². The number of nitrogens with zero attached hydrogens (tertiary/aromatic N) is 2. The van der Waals surface area contributed by atoms with Crippen molar-refractivity contribution in [2.24, 2.45) is 0 Å². The summed E-state index contributed by atoms with van der Waals surface area (Å²) < 4.78 is 0. The van der Waals surface area contributed by atoms with Crippen LogP contribution >= 0.6 is 0 Å².